The number of piperidine rings is 1. The maximum atomic E-state index is 13.0. The quantitative estimate of drug-likeness (QED) is 0.563. The van der Waals surface area contributed by atoms with Crippen LogP contribution in [0.1, 0.15) is 44.2 Å². The summed E-state index contributed by atoms with van der Waals surface area (Å²) in [5.41, 5.74) is 0.445. The molecule has 10 heteroatoms. The fourth-order valence-electron chi connectivity index (χ4n) is 4.14. The number of carbonyl (C=O) groups is 1. The van der Waals surface area contributed by atoms with Gasteiger partial charge in [0, 0.05) is 26.2 Å². The molecule has 0 spiro atoms. The molecule has 0 saturated carbocycles. The van der Waals surface area contributed by atoms with Gasteiger partial charge in [-0.15, -0.1) is 0 Å². The van der Waals surface area contributed by atoms with Gasteiger partial charge in [0.15, 0.2) is 0 Å². The number of benzene rings is 2. The zero-order valence-electron chi connectivity index (χ0n) is 19.4. The molecule has 1 fully saturated rings. The largest absolute Gasteiger partial charge is 0.416 e. The summed E-state index contributed by atoms with van der Waals surface area (Å²) >= 11 is 0. The highest BCUT2D eigenvalue weighted by Crippen LogP contribution is 2.33. The molecule has 1 aliphatic rings. The van der Waals surface area contributed by atoms with E-state index in [-0.39, 0.29) is 16.9 Å². The first-order chi connectivity index (χ1) is 16.1. The Bertz CT molecular complexity index is 1110. The highest BCUT2D eigenvalue weighted by Gasteiger charge is 2.30. The molecule has 186 valence electrons. The van der Waals surface area contributed by atoms with Crippen LogP contribution in [0.2, 0.25) is 0 Å². The molecule has 1 N–H and O–H groups in total. The van der Waals surface area contributed by atoms with Gasteiger partial charge in [-0.3, -0.25) is 4.79 Å². The van der Waals surface area contributed by atoms with Gasteiger partial charge in [0.25, 0.3) is 0 Å². The molecule has 3 rings (SSSR count). The van der Waals surface area contributed by atoms with Crippen molar-refractivity contribution >= 4 is 27.3 Å². The Morgan fingerprint density at radius 1 is 1.03 bits per heavy atom. The molecule has 1 amide bonds. The second-order valence-corrected chi connectivity index (χ2v) is 10.2. The molecule has 1 saturated heterocycles. The predicted molar refractivity (Wildman–Crippen MR) is 126 cm³/mol. The van der Waals surface area contributed by atoms with E-state index in [1.165, 1.54) is 22.5 Å². The van der Waals surface area contributed by atoms with Crippen LogP contribution in [0.15, 0.2) is 47.4 Å². The van der Waals surface area contributed by atoms with Crippen molar-refractivity contribution in [2.24, 2.45) is 0 Å². The van der Waals surface area contributed by atoms with E-state index in [4.69, 9.17) is 0 Å². The minimum atomic E-state index is -4.50. The van der Waals surface area contributed by atoms with E-state index in [2.05, 4.69) is 10.2 Å². The molecular weight excluding hydrogens is 467 g/mol. The number of alkyl halides is 3. The number of nitrogens with zero attached hydrogens (tertiary/aromatic N) is 2. The minimum absolute atomic E-state index is 0.0614. The van der Waals surface area contributed by atoms with Crippen LogP contribution in [0, 0.1) is 0 Å². The zero-order chi connectivity index (χ0) is 24.9. The Morgan fingerprint density at radius 2 is 1.71 bits per heavy atom. The van der Waals surface area contributed by atoms with Gasteiger partial charge in [0.05, 0.1) is 28.3 Å². The third-order valence-electron chi connectivity index (χ3n) is 5.90. The van der Waals surface area contributed by atoms with Crippen molar-refractivity contribution in [3.05, 3.63) is 53.6 Å². The van der Waals surface area contributed by atoms with Crippen LogP contribution >= 0.6 is 0 Å². The van der Waals surface area contributed by atoms with Gasteiger partial charge in [-0.25, -0.2) is 8.42 Å². The number of halogens is 3. The van der Waals surface area contributed by atoms with Gasteiger partial charge in [-0.2, -0.15) is 17.5 Å². The van der Waals surface area contributed by atoms with Crippen LogP contribution in [0.25, 0.3) is 0 Å². The van der Waals surface area contributed by atoms with Crippen molar-refractivity contribution in [1.82, 2.24) is 4.31 Å². The van der Waals surface area contributed by atoms with Crippen LogP contribution in [0.4, 0.5) is 24.5 Å². The van der Waals surface area contributed by atoms with Gasteiger partial charge in [0.2, 0.25) is 15.9 Å². The Morgan fingerprint density at radius 3 is 2.32 bits per heavy atom. The van der Waals surface area contributed by atoms with Crippen LogP contribution in [0.3, 0.4) is 0 Å². The molecule has 0 atom stereocenters. The zero-order valence-corrected chi connectivity index (χ0v) is 20.2. The summed E-state index contributed by atoms with van der Waals surface area (Å²) in [7, 11) is -3.75. The monoisotopic (exact) mass is 497 g/mol. The highest BCUT2D eigenvalue weighted by molar-refractivity contribution is 7.89. The number of sulfonamides is 1. The van der Waals surface area contributed by atoms with Gasteiger partial charge >= 0.3 is 6.18 Å². The first kappa shape index (κ1) is 26.0. The van der Waals surface area contributed by atoms with E-state index in [1.807, 2.05) is 0 Å². The SMILES string of the molecule is CCN(CC)S(=O)(=O)c1ccc(N2CCCCC2)c(NC(=O)Cc2cccc(C(F)(F)F)c2)c1. The molecule has 34 heavy (non-hydrogen) atoms. The first-order valence-electron chi connectivity index (χ1n) is 11.4. The van der Waals surface area contributed by atoms with E-state index in [0.29, 0.717) is 24.5 Å². The lowest BCUT2D eigenvalue weighted by molar-refractivity contribution is -0.137. The average Bonchev–Trinajstić information content (AvgIpc) is 2.80. The summed E-state index contributed by atoms with van der Waals surface area (Å²) < 4.78 is 66.5. The number of anilines is 2. The molecule has 0 aliphatic carbocycles. The van der Waals surface area contributed by atoms with Crippen LogP contribution in [-0.2, 0) is 27.4 Å². The lowest BCUT2D eigenvalue weighted by Crippen LogP contribution is -2.32. The highest BCUT2D eigenvalue weighted by atomic mass is 32.2. The van der Waals surface area contributed by atoms with Crippen LogP contribution < -0.4 is 10.2 Å². The summed E-state index contributed by atoms with van der Waals surface area (Å²) in [6, 6.07) is 9.32. The topological polar surface area (TPSA) is 69.7 Å². The van der Waals surface area contributed by atoms with E-state index < -0.39 is 27.7 Å². The fraction of sp³-hybridized carbons (Fsp3) is 0.458. The van der Waals surface area contributed by atoms with Crippen molar-refractivity contribution in [3.8, 4) is 0 Å². The Balaban J connectivity index is 1.91. The second kappa shape index (κ2) is 10.8. The normalized spacial score (nSPS) is 14.9. The molecule has 6 nitrogen and oxygen atoms in total. The maximum absolute atomic E-state index is 13.0. The van der Waals surface area contributed by atoms with E-state index in [0.717, 1.165) is 44.5 Å². The number of nitrogens with one attached hydrogen (secondary N) is 1. The van der Waals surface area contributed by atoms with Gasteiger partial charge in [0.1, 0.15) is 0 Å². The van der Waals surface area contributed by atoms with Crippen molar-refractivity contribution in [3.63, 3.8) is 0 Å². The molecular formula is C24H30F3N3O3S. The molecule has 1 heterocycles. The average molecular weight is 498 g/mol. The summed E-state index contributed by atoms with van der Waals surface area (Å²) in [5, 5.41) is 2.76. The maximum Gasteiger partial charge on any atom is 0.416 e. The summed E-state index contributed by atoms with van der Waals surface area (Å²) in [6.45, 7) is 5.67. The van der Waals surface area contributed by atoms with Crippen molar-refractivity contribution in [1.29, 1.82) is 0 Å². The summed E-state index contributed by atoms with van der Waals surface area (Å²) in [6.07, 6.45) is -1.70. The summed E-state index contributed by atoms with van der Waals surface area (Å²) in [5.74, 6) is -0.519. The standard InChI is InChI=1S/C24H30F3N3O3S/c1-3-30(4-2)34(32,33)20-11-12-22(29-13-6-5-7-14-29)21(17-20)28-23(31)16-18-9-8-10-19(15-18)24(25,26)27/h8-12,15,17H,3-7,13-14,16H2,1-2H3,(H,28,31). The van der Waals surface area contributed by atoms with Crippen molar-refractivity contribution in [2.45, 2.75) is 50.6 Å². The Kier molecular flexibility index (Phi) is 8.25. The summed E-state index contributed by atoms with van der Waals surface area (Å²) in [4.78, 5) is 15.0. The molecule has 0 unspecified atom stereocenters. The third-order valence-corrected chi connectivity index (χ3v) is 7.95. The number of hydrogen-bond acceptors (Lipinski definition) is 4. The van der Waals surface area contributed by atoms with E-state index in [9.17, 15) is 26.4 Å². The number of amides is 1. The molecule has 0 aromatic heterocycles. The van der Waals surface area contributed by atoms with E-state index in [1.54, 1.807) is 26.0 Å². The number of carbonyl (C=O) groups excluding carboxylic acids is 1. The van der Waals surface area contributed by atoms with Crippen LogP contribution in [0.5, 0.6) is 0 Å². The third kappa shape index (κ3) is 6.09. The molecule has 0 bridgehead atoms. The lowest BCUT2D eigenvalue weighted by Gasteiger charge is -2.31. The van der Waals surface area contributed by atoms with Crippen LogP contribution in [-0.4, -0.2) is 44.8 Å². The molecule has 0 radical (unpaired) electrons. The molecule has 2 aromatic carbocycles. The molecule has 2 aromatic rings. The number of hydrogen-bond donors (Lipinski definition) is 1. The van der Waals surface area contributed by atoms with E-state index >= 15 is 0 Å². The minimum Gasteiger partial charge on any atom is -0.370 e. The lowest BCUT2D eigenvalue weighted by atomic mass is 10.1. The van der Waals surface area contributed by atoms with Gasteiger partial charge < -0.3 is 10.2 Å². The smallest absolute Gasteiger partial charge is 0.370 e. The Hall–Kier alpha value is -2.59. The van der Waals surface area contributed by atoms with Crippen molar-refractivity contribution in [2.75, 3.05) is 36.4 Å². The fourth-order valence-corrected chi connectivity index (χ4v) is 5.62. The van der Waals surface area contributed by atoms with Crippen molar-refractivity contribution < 1.29 is 26.4 Å². The van der Waals surface area contributed by atoms with Gasteiger partial charge in [-0.05, 0) is 49.1 Å². The number of rotatable bonds is 8. The molecule has 1 aliphatic heterocycles. The first-order valence-corrected chi connectivity index (χ1v) is 12.9. The van der Waals surface area contributed by atoms with Gasteiger partial charge in [-0.1, -0.05) is 32.0 Å². The predicted octanol–water partition coefficient (Wildman–Crippen LogP) is 4.91. The second-order valence-electron chi connectivity index (χ2n) is 8.24. The Labute approximate surface area is 198 Å².